The third kappa shape index (κ3) is 7.54. The van der Waals surface area contributed by atoms with E-state index in [1.165, 1.54) is 25.7 Å². The van der Waals surface area contributed by atoms with Crippen LogP contribution in [0.1, 0.15) is 56.2 Å². The molecule has 0 spiro atoms. The molecule has 2 aromatic carbocycles. The topological polar surface area (TPSA) is 49.3 Å². The van der Waals surface area contributed by atoms with Crippen molar-refractivity contribution in [3.05, 3.63) is 65.2 Å². The fraction of sp³-hybridized carbons (Fsp3) is 0.483. The minimum Gasteiger partial charge on any atom is -0.493 e. The fourth-order valence-electron chi connectivity index (χ4n) is 4.42. The van der Waals surface area contributed by atoms with Gasteiger partial charge in [0.05, 0.1) is 18.9 Å². The standard InChI is InChI=1S/C29H39NO4/c1-6-7-16-32-28-17-21(2)29(22(3)18-28)34-20-25-10-8-24(9-11-25)19-33-27-14-12-26(13-15-27)23(4)30-31-5/h6-7,12-15,17-18,24-25H,8-11,16,19-20H2,1-5H3/b7-6+,30-23?. The van der Waals surface area contributed by atoms with E-state index in [0.717, 1.165) is 52.9 Å². The van der Waals surface area contributed by atoms with E-state index in [9.17, 15) is 0 Å². The highest BCUT2D eigenvalue weighted by Gasteiger charge is 2.23. The Morgan fingerprint density at radius 2 is 1.47 bits per heavy atom. The summed E-state index contributed by atoms with van der Waals surface area (Å²) in [5.74, 6) is 4.00. The summed E-state index contributed by atoms with van der Waals surface area (Å²) in [7, 11) is 1.56. The molecule has 1 fully saturated rings. The van der Waals surface area contributed by atoms with Crippen LogP contribution in [-0.4, -0.2) is 32.6 Å². The lowest BCUT2D eigenvalue weighted by Gasteiger charge is -2.29. The van der Waals surface area contributed by atoms with Crippen molar-refractivity contribution >= 4 is 5.71 Å². The molecular weight excluding hydrogens is 426 g/mol. The van der Waals surface area contributed by atoms with Crippen LogP contribution in [0, 0.1) is 25.7 Å². The first-order valence-corrected chi connectivity index (χ1v) is 12.3. The number of benzene rings is 2. The average Bonchev–Trinajstić information content (AvgIpc) is 2.83. The van der Waals surface area contributed by atoms with Crippen molar-refractivity contribution in [2.45, 2.75) is 53.4 Å². The van der Waals surface area contributed by atoms with E-state index in [1.54, 1.807) is 7.11 Å². The second kappa shape index (κ2) is 13.1. The van der Waals surface area contributed by atoms with Crippen molar-refractivity contribution in [1.82, 2.24) is 0 Å². The number of rotatable bonds is 11. The first-order valence-electron chi connectivity index (χ1n) is 12.3. The predicted molar refractivity (Wildman–Crippen MR) is 138 cm³/mol. The van der Waals surface area contributed by atoms with Crippen LogP contribution in [0.15, 0.2) is 53.7 Å². The molecule has 0 amide bonds. The lowest BCUT2D eigenvalue weighted by Crippen LogP contribution is -2.23. The van der Waals surface area contributed by atoms with Crippen LogP contribution in [0.4, 0.5) is 0 Å². The molecule has 1 aliphatic carbocycles. The number of aryl methyl sites for hydroxylation is 2. The molecule has 0 atom stereocenters. The van der Waals surface area contributed by atoms with Gasteiger partial charge in [0.15, 0.2) is 0 Å². The van der Waals surface area contributed by atoms with Crippen molar-refractivity contribution in [3.63, 3.8) is 0 Å². The maximum Gasteiger partial charge on any atom is 0.125 e. The Morgan fingerprint density at radius 1 is 0.882 bits per heavy atom. The van der Waals surface area contributed by atoms with E-state index >= 15 is 0 Å². The van der Waals surface area contributed by atoms with Crippen molar-refractivity contribution in [2.24, 2.45) is 17.0 Å². The number of nitrogens with zero attached hydrogens (tertiary/aromatic N) is 1. The number of ether oxygens (including phenoxy) is 3. The van der Waals surface area contributed by atoms with E-state index in [2.05, 4.69) is 31.1 Å². The predicted octanol–water partition coefficient (Wildman–Crippen LogP) is 6.89. The maximum absolute atomic E-state index is 6.28. The summed E-state index contributed by atoms with van der Waals surface area (Å²) in [6.45, 7) is 10.3. The second-order valence-corrected chi connectivity index (χ2v) is 9.16. The zero-order valence-electron chi connectivity index (χ0n) is 21.3. The minimum atomic E-state index is 0.594. The summed E-state index contributed by atoms with van der Waals surface area (Å²) in [6, 6.07) is 12.2. The summed E-state index contributed by atoms with van der Waals surface area (Å²) in [4.78, 5) is 4.84. The number of hydrogen-bond acceptors (Lipinski definition) is 5. The second-order valence-electron chi connectivity index (χ2n) is 9.16. The molecule has 184 valence electrons. The first-order chi connectivity index (χ1) is 16.5. The van der Waals surface area contributed by atoms with Gasteiger partial charge in [-0.3, -0.25) is 0 Å². The molecule has 5 heteroatoms. The SMILES string of the molecule is C/C=C/COc1cc(C)c(OCC2CCC(COc3ccc(C(C)=NOC)cc3)CC2)c(C)c1. The summed E-state index contributed by atoms with van der Waals surface area (Å²) >= 11 is 0. The Labute approximate surface area is 204 Å². The van der Waals surface area contributed by atoms with Gasteiger partial charge in [0.1, 0.15) is 31.0 Å². The highest BCUT2D eigenvalue weighted by Crippen LogP contribution is 2.33. The smallest absolute Gasteiger partial charge is 0.125 e. The van der Waals surface area contributed by atoms with E-state index < -0.39 is 0 Å². The van der Waals surface area contributed by atoms with Gasteiger partial charge >= 0.3 is 0 Å². The average molecular weight is 466 g/mol. The number of allylic oxidation sites excluding steroid dienone is 1. The molecule has 0 aliphatic heterocycles. The van der Waals surface area contributed by atoms with Crippen LogP contribution in [0.5, 0.6) is 17.2 Å². The first kappa shape index (κ1) is 25.7. The normalized spacial score (nSPS) is 18.7. The van der Waals surface area contributed by atoms with Crippen molar-refractivity contribution < 1.29 is 19.0 Å². The molecule has 3 rings (SSSR count). The van der Waals surface area contributed by atoms with E-state index in [-0.39, 0.29) is 0 Å². The highest BCUT2D eigenvalue weighted by atomic mass is 16.6. The molecule has 0 heterocycles. The van der Waals surface area contributed by atoms with Gasteiger partial charge in [0, 0.05) is 0 Å². The molecule has 2 aromatic rings. The van der Waals surface area contributed by atoms with Gasteiger partial charge < -0.3 is 19.0 Å². The molecule has 0 aromatic heterocycles. The summed E-state index contributed by atoms with van der Waals surface area (Å²) in [5.41, 5.74) is 4.16. The Bertz CT molecular complexity index is 934. The number of hydrogen-bond donors (Lipinski definition) is 0. The molecule has 5 nitrogen and oxygen atoms in total. The quantitative estimate of drug-likeness (QED) is 0.206. The summed E-state index contributed by atoms with van der Waals surface area (Å²) < 4.78 is 18.1. The monoisotopic (exact) mass is 465 g/mol. The number of oxime groups is 1. The van der Waals surface area contributed by atoms with Gasteiger partial charge in [0.25, 0.3) is 0 Å². The van der Waals surface area contributed by atoms with Crippen LogP contribution < -0.4 is 14.2 Å². The molecule has 0 saturated heterocycles. The van der Waals surface area contributed by atoms with Crippen LogP contribution in [0.25, 0.3) is 0 Å². The molecule has 0 bridgehead atoms. The van der Waals surface area contributed by atoms with Crippen LogP contribution >= 0.6 is 0 Å². The van der Waals surface area contributed by atoms with Crippen molar-refractivity contribution in [2.75, 3.05) is 26.9 Å². The lowest BCUT2D eigenvalue weighted by atomic mass is 9.83. The van der Waals surface area contributed by atoms with Gasteiger partial charge in [-0.05, 0) is 118 Å². The van der Waals surface area contributed by atoms with Gasteiger partial charge in [0.2, 0.25) is 0 Å². The van der Waals surface area contributed by atoms with Crippen LogP contribution in [0.2, 0.25) is 0 Å². The minimum absolute atomic E-state index is 0.594. The van der Waals surface area contributed by atoms with Crippen LogP contribution in [0.3, 0.4) is 0 Å². The third-order valence-electron chi connectivity index (χ3n) is 6.43. The largest absolute Gasteiger partial charge is 0.493 e. The fourth-order valence-corrected chi connectivity index (χ4v) is 4.42. The van der Waals surface area contributed by atoms with Gasteiger partial charge in [-0.1, -0.05) is 17.3 Å². The molecular formula is C29H39NO4. The zero-order chi connectivity index (χ0) is 24.3. The molecule has 1 saturated carbocycles. The van der Waals surface area contributed by atoms with Crippen LogP contribution in [-0.2, 0) is 4.84 Å². The van der Waals surface area contributed by atoms with E-state index in [4.69, 9.17) is 19.0 Å². The molecule has 0 N–H and O–H groups in total. The molecule has 34 heavy (non-hydrogen) atoms. The Balaban J connectivity index is 1.41. The maximum atomic E-state index is 6.28. The van der Waals surface area contributed by atoms with Crippen molar-refractivity contribution in [3.8, 4) is 17.2 Å². The van der Waals surface area contributed by atoms with Gasteiger partial charge in [-0.15, -0.1) is 0 Å². The Kier molecular flexibility index (Phi) is 9.87. The highest BCUT2D eigenvalue weighted by molar-refractivity contribution is 5.98. The van der Waals surface area contributed by atoms with E-state index in [0.29, 0.717) is 18.4 Å². The molecule has 0 radical (unpaired) electrons. The Hall–Kier alpha value is -2.95. The van der Waals surface area contributed by atoms with Gasteiger partial charge in [-0.25, -0.2) is 0 Å². The Morgan fingerprint density at radius 3 is 2.03 bits per heavy atom. The lowest BCUT2D eigenvalue weighted by molar-refractivity contribution is 0.147. The van der Waals surface area contributed by atoms with E-state index in [1.807, 2.05) is 50.3 Å². The zero-order valence-corrected chi connectivity index (χ0v) is 21.3. The molecule has 0 unspecified atom stereocenters. The van der Waals surface area contributed by atoms with Gasteiger partial charge in [-0.2, -0.15) is 0 Å². The van der Waals surface area contributed by atoms with Crippen molar-refractivity contribution in [1.29, 1.82) is 0 Å². The third-order valence-corrected chi connectivity index (χ3v) is 6.43. The summed E-state index contributed by atoms with van der Waals surface area (Å²) in [6.07, 6.45) is 8.73. The summed E-state index contributed by atoms with van der Waals surface area (Å²) in [5, 5.41) is 3.97. The molecule has 1 aliphatic rings.